The molecule has 0 saturated heterocycles. The molecule has 4 nitrogen and oxygen atoms in total. The molecule has 0 fully saturated rings. The number of carbonyl (C=O) groups is 1. The van der Waals surface area contributed by atoms with Crippen LogP contribution in [0.2, 0.25) is 0 Å². The van der Waals surface area contributed by atoms with E-state index in [0.717, 1.165) is 11.3 Å². The molecule has 0 bridgehead atoms. The number of para-hydroxylation sites is 1. The van der Waals surface area contributed by atoms with Crippen molar-refractivity contribution in [3.05, 3.63) is 52.2 Å². The Morgan fingerprint density at radius 3 is 2.68 bits per heavy atom. The zero-order chi connectivity index (χ0) is 15.9. The second kappa shape index (κ2) is 7.96. The highest BCUT2D eigenvalue weighted by Crippen LogP contribution is 2.22. The lowest BCUT2D eigenvalue weighted by Crippen LogP contribution is -2.36. The van der Waals surface area contributed by atoms with E-state index in [4.69, 9.17) is 4.74 Å². The Labute approximate surface area is 135 Å². The van der Waals surface area contributed by atoms with Crippen LogP contribution in [-0.2, 0) is 4.79 Å². The smallest absolute Gasteiger partial charge is 0.258 e. The molecule has 0 aliphatic carbocycles. The number of rotatable bonds is 7. The van der Waals surface area contributed by atoms with E-state index in [1.807, 2.05) is 51.4 Å². The fourth-order valence-electron chi connectivity index (χ4n) is 2.14. The molecular formula is C17H22N2O2S. The first-order valence-corrected chi connectivity index (χ1v) is 8.11. The molecule has 1 atom stereocenters. The second-order valence-electron chi connectivity index (χ2n) is 5.35. The first kappa shape index (κ1) is 16.5. The monoisotopic (exact) mass is 318 g/mol. The maximum atomic E-state index is 12.0. The van der Waals surface area contributed by atoms with Gasteiger partial charge in [0.05, 0.1) is 6.04 Å². The predicted molar refractivity (Wildman–Crippen MR) is 90.4 cm³/mol. The van der Waals surface area contributed by atoms with Gasteiger partial charge in [-0.1, -0.05) is 24.3 Å². The van der Waals surface area contributed by atoms with Crippen LogP contribution >= 0.6 is 11.3 Å². The number of aryl methyl sites for hydroxylation is 1. The molecule has 0 aliphatic rings. The first-order chi connectivity index (χ1) is 10.6. The standard InChI is InChI=1S/C17H22N2O2S/c1-13-7-4-5-8-15(13)21-12-17(20)18-11-14(19(2)3)16-9-6-10-22-16/h4-10,14H,11-12H2,1-3H3,(H,18,20). The number of thiophene rings is 1. The number of ether oxygens (including phenoxy) is 1. The van der Waals surface area contributed by atoms with E-state index < -0.39 is 0 Å². The van der Waals surface area contributed by atoms with Gasteiger partial charge in [0.2, 0.25) is 0 Å². The third-order valence-electron chi connectivity index (χ3n) is 3.44. The van der Waals surface area contributed by atoms with Crippen molar-refractivity contribution < 1.29 is 9.53 Å². The van der Waals surface area contributed by atoms with Crippen LogP contribution < -0.4 is 10.1 Å². The molecule has 0 saturated carbocycles. The van der Waals surface area contributed by atoms with Gasteiger partial charge in [0.1, 0.15) is 5.75 Å². The van der Waals surface area contributed by atoms with Crippen LogP contribution in [-0.4, -0.2) is 38.1 Å². The Morgan fingerprint density at radius 1 is 1.27 bits per heavy atom. The number of likely N-dealkylation sites (N-methyl/N-ethyl adjacent to an activating group) is 1. The molecule has 1 aromatic heterocycles. The minimum atomic E-state index is -0.105. The molecule has 0 aliphatic heterocycles. The quantitative estimate of drug-likeness (QED) is 0.853. The molecule has 118 valence electrons. The number of benzene rings is 1. The molecule has 1 unspecified atom stereocenters. The maximum absolute atomic E-state index is 12.0. The summed E-state index contributed by atoms with van der Waals surface area (Å²) < 4.78 is 5.56. The molecule has 1 N–H and O–H groups in total. The van der Waals surface area contributed by atoms with Crippen molar-refractivity contribution in [2.45, 2.75) is 13.0 Å². The van der Waals surface area contributed by atoms with Crippen LogP contribution in [0.3, 0.4) is 0 Å². The Hall–Kier alpha value is -1.85. The summed E-state index contributed by atoms with van der Waals surface area (Å²) >= 11 is 1.70. The highest BCUT2D eigenvalue weighted by molar-refractivity contribution is 7.10. The van der Waals surface area contributed by atoms with E-state index in [-0.39, 0.29) is 18.6 Å². The SMILES string of the molecule is Cc1ccccc1OCC(=O)NCC(c1cccs1)N(C)C. The number of nitrogens with zero attached hydrogens (tertiary/aromatic N) is 1. The minimum Gasteiger partial charge on any atom is -0.484 e. The number of carbonyl (C=O) groups excluding carboxylic acids is 1. The summed E-state index contributed by atoms with van der Waals surface area (Å²) in [5.74, 6) is 0.645. The molecular weight excluding hydrogens is 296 g/mol. The lowest BCUT2D eigenvalue weighted by atomic mass is 10.2. The highest BCUT2D eigenvalue weighted by atomic mass is 32.1. The minimum absolute atomic E-state index is 0.0371. The molecule has 0 spiro atoms. The van der Waals surface area contributed by atoms with Gasteiger partial charge in [0.25, 0.3) is 5.91 Å². The van der Waals surface area contributed by atoms with Crippen LogP contribution in [0.4, 0.5) is 0 Å². The Kier molecular flexibility index (Phi) is 5.98. The Balaban J connectivity index is 1.83. The molecule has 1 aromatic carbocycles. The molecule has 2 rings (SSSR count). The zero-order valence-corrected chi connectivity index (χ0v) is 14.0. The molecule has 1 heterocycles. The summed E-state index contributed by atoms with van der Waals surface area (Å²) in [6.45, 7) is 2.57. The van der Waals surface area contributed by atoms with Crippen molar-refractivity contribution in [2.75, 3.05) is 27.2 Å². The number of amides is 1. The van der Waals surface area contributed by atoms with Crippen LogP contribution in [0.15, 0.2) is 41.8 Å². The van der Waals surface area contributed by atoms with E-state index in [1.54, 1.807) is 11.3 Å². The normalized spacial score (nSPS) is 12.2. The summed E-state index contributed by atoms with van der Waals surface area (Å²) in [6, 6.07) is 12.0. The third-order valence-corrected chi connectivity index (χ3v) is 4.41. The average molecular weight is 318 g/mol. The lowest BCUT2D eigenvalue weighted by Gasteiger charge is -2.23. The first-order valence-electron chi connectivity index (χ1n) is 7.23. The largest absolute Gasteiger partial charge is 0.484 e. The van der Waals surface area contributed by atoms with Crippen LogP contribution in [0, 0.1) is 6.92 Å². The van der Waals surface area contributed by atoms with E-state index >= 15 is 0 Å². The zero-order valence-electron chi connectivity index (χ0n) is 13.2. The highest BCUT2D eigenvalue weighted by Gasteiger charge is 2.16. The van der Waals surface area contributed by atoms with Crippen LogP contribution in [0.5, 0.6) is 5.75 Å². The van der Waals surface area contributed by atoms with E-state index in [2.05, 4.69) is 21.7 Å². The third kappa shape index (κ3) is 4.58. The van der Waals surface area contributed by atoms with Gasteiger partial charge in [-0.15, -0.1) is 11.3 Å². The molecule has 2 aromatic rings. The fourth-order valence-corrected chi connectivity index (χ4v) is 3.06. The van der Waals surface area contributed by atoms with Crippen molar-refractivity contribution in [3.63, 3.8) is 0 Å². The van der Waals surface area contributed by atoms with Gasteiger partial charge >= 0.3 is 0 Å². The second-order valence-corrected chi connectivity index (χ2v) is 6.33. The van der Waals surface area contributed by atoms with Crippen molar-refractivity contribution in [1.82, 2.24) is 10.2 Å². The van der Waals surface area contributed by atoms with Gasteiger partial charge in [-0.25, -0.2) is 0 Å². The molecule has 0 radical (unpaired) electrons. The summed E-state index contributed by atoms with van der Waals surface area (Å²) in [5.41, 5.74) is 1.03. The van der Waals surface area contributed by atoms with Gasteiger partial charge in [-0.2, -0.15) is 0 Å². The van der Waals surface area contributed by atoms with Gasteiger partial charge < -0.3 is 15.0 Å². The van der Waals surface area contributed by atoms with Crippen molar-refractivity contribution in [2.24, 2.45) is 0 Å². The average Bonchev–Trinajstić information content (AvgIpc) is 3.00. The summed E-state index contributed by atoms with van der Waals surface area (Å²) in [4.78, 5) is 15.3. The Morgan fingerprint density at radius 2 is 2.05 bits per heavy atom. The predicted octanol–water partition coefficient (Wildman–Crippen LogP) is 2.85. The van der Waals surface area contributed by atoms with Gasteiger partial charge in [0, 0.05) is 11.4 Å². The number of hydrogen-bond donors (Lipinski definition) is 1. The van der Waals surface area contributed by atoms with Gasteiger partial charge in [-0.3, -0.25) is 4.79 Å². The van der Waals surface area contributed by atoms with Crippen molar-refractivity contribution in [3.8, 4) is 5.75 Å². The molecule has 5 heteroatoms. The number of hydrogen-bond acceptors (Lipinski definition) is 4. The van der Waals surface area contributed by atoms with Crippen molar-refractivity contribution >= 4 is 17.2 Å². The van der Waals surface area contributed by atoms with Gasteiger partial charge in [0.15, 0.2) is 6.61 Å². The molecule has 1 amide bonds. The topological polar surface area (TPSA) is 41.6 Å². The van der Waals surface area contributed by atoms with Crippen molar-refractivity contribution in [1.29, 1.82) is 0 Å². The maximum Gasteiger partial charge on any atom is 0.258 e. The fraction of sp³-hybridized carbons (Fsp3) is 0.353. The van der Waals surface area contributed by atoms with Crippen LogP contribution in [0.1, 0.15) is 16.5 Å². The van der Waals surface area contributed by atoms with Crippen LogP contribution in [0.25, 0.3) is 0 Å². The summed E-state index contributed by atoms with van der Waals surface area (Å²) in [7, 11) is 4.03. The lowest BCUT2D eigenvalue weighted by molar-refractivity contribution is -0.123. The van der Waals surface area contributed by atoms with E-state index in [9.17, 15) is 4.79 Å². The van der Waals surface area contributed by atoms with E-state index in [0.29, 0.717) is 6.54 Å². The van der Waals surface area contributed by atoms with E-state index in [1.165, 1.54) is 4.88 Å². The number of nitrogens with one attached hydrogen (secondary N) is 1. The summed E-state index contributed by atoms with van der Waals surface area (Å²) in [6.07, 6.45) is 0. The Bertz CT molecular complexity index is 596. The summed E-state index contributed by atoms with van der Waals surface area (Å²) in [5, 5.41) is 4.99. The molecule has 22 heavy (non-hydrogen) atoms. The van der Waals surface area contributed by atoms with Gasteiger partial charge in [-0.05, 0) is 44.1 Å².